The van der Waals surface area contributed by atoms with E-state index in [1.54, 1.807) is 7.11 Å². The van der Waals surface area contributed by atoms with Crippen molar-refractivity contribution >= 4 is 0 Å². The van der Waals surface area contributed by atoms with E-state index in [2.05, 4.69) is 23.7 Å². The molecule has 0 radical (unpaired) electrons. The molecule has 0 aliphatic heterocycles. The zero-order chi connectivity index (χ0) is 16.1. The lowest BCUT2D eigenvalue weighted by molar-refractivity contribution is 0.141. The van der Waals surface area contributed by atoms with Crippen molar-refractivity contribution in [2.24, 2.45) is 0 Å². The van der Waals surface area contributed by atoms with Crippen LogP contribution in [0.1, 0.15) is 42.8 Å². The first kappa shape index (κ1) is 16.5. The lowest BCUT2D eigenvalue weighted by Crippen LogP contribution is -2.27. The number of hydrogen-bond donors (Lipinski definition) is 1. The van der Waals surface area contributed by atoms with Crippen LogP contribution in [0.2, 0.25) is 0 Å². The van der Waals surface area contributed by atoms with Gasteiger partial charge in [-0.1, -0.05) is 26.0 Å². The summed E-state index contributed by atoms with van der Waals surface area (Å²) in [6.07, 6.45) is 1.49. The molecule has 0 aliphatic carbocycles. The van der Waals surface area contributed by atoms with Crippen molar-refractivity contribution in [2.75, 3.05) is 20.8 Å². The third-order valence-electron chi connectivity index (χ3n) is 3.80. The number of aliphatic hydroxyl groups is 1. The molecule has 0 bridgehead atoms. The Hall–Kier alpha value is -1.85. The number of methoxy groups -OCH3 is 1. The van der Waals surface area contributed by atoms with Gasteiger partial charge in [-0.15, -0.1) is 0 Å². The van der Waals surface area contributed by atoms with Gasteiger partial charge in [0.25, 0.3) is 0 Å². The molecule has 1 atom stereocenters. The second kappa shape index (κ2) is 7.42. The molecule has 5 heteroatoms. The second-order valence-corrected chi connectivity index (χ2v) is 5.70. The molecule has 5 nitrogen and oxygen atoms in total. The van der Waals surface area contributed by atoms with Crippen LogP contribution in [0.4, 0.5) is 0 Å². The maximum Gasteiger partial charge on any atom is 0.181 e. The topological polar surface area (TPSA) is 58.7 Å². The molecule has 0 spiro atoms. The molecule has 120 valence electrons. The van der Waals surface area contributed by atoms with Crippen LogP contribution in [0.3, 0.4) is 0 Å². The molecule has 1 heterocycles. The Morgan fingerprint density at radius 3 is 2.50 bits per heavy atom. The summed E-state index contributed by atoms with van der Waals surface area (Å²) in [7, 11) is 3.62. The Kier molecular flexibility index (Phi) is 5.57. The molecule has 0 saturated heterocycles. The highest BCUT2D eigenvalue weighted by Crippen LogP contribution is 2.25. The van der Waals surface area contributed by atoms with Crippen molar-refractivity contribution in [2.45, 2.75) is 32.4 Å². The first-order valence-corrected chi connectivity index (χ1v) is 7.44. The summed E-state index contributed by atoms with van der Waals surface area (Å²) in [6, 6.07) is 7.66. The number of aliphatic hydroxyl groups excluding tert-OH is 1. The lowest BCUT2D eigenvalue weighted by atomic mass is 10.0. The highest BCUT2D eigenvalue weighted by atomic mass is 16.5. The van der Waals surface area contributed by atoms with Gasteiger partial charge in [0.05, 0.1) is 25.5 Å². The van der Waals surface area contributed by atoms with Gasteiger partial charge in [0, 0.05) is 12.5 Å². The fourth-order valence-electron chi connectivity index (χ4n) is 2.54. The zero-order valence-electron chi connectivity index (χ0n) is 13.6. The Bertz CT molecular complexity index is 578. The standard InChI is InChI=1S/C17H24N2O3/c1-12(2)17-15(18-11-22-17)9-19(3)16(10-20)13-5-7-14(21-4)8-6-13/h5-8,11-12,16,20H,9-10H2,1-4H3. The van der Waals surface area contributed by atoms with Crippen LogP contribution in [0, 0.1) is 0 Å². The van der Waals surface area contributed by atoms with E-state index in [0.717, 1.165) is 22.8 Å². The van der Waals surface area contributed by atoms with Crippen LogP contribution >= 0.6 is 0 Å². The van der Waals surface area contributed by atoms with Crippen molar-refractivity contribution < 1.29 is 14.3 Å². The van der Waals surface area contributed by atoms with Crippen LogP contribution < -0.4 is 4.74 Å². The summed E-state index contributed by atoms with van der Waals surface area (Å²) in [5.74, 6) is 2.00. The van der Waals surface area contributed by atoms with E-state index in [4.69, 9.17) is 9.15 Å². The smallest absolute Gasteiger partial charge is 0.181 e. The van der Waals surface area contributed by atoms with Crippen LogP contribution in [-0.4, -0.2) is 35.8 Å². The van der Waals surface area contributed by atoms with Gasteiger partial charge in [0.1, 0.15) is 11.5 Å². The summed E-state index contributed by atoms with van der Waals surface area (Å²) in [6.45, 7) is 4.83. The van der Waals surface area contributed by atoms with Crippen molar-refractivity contribution in [3.8, 4) is 5.75 Å². The molecule has 1 unspecified atom stereocenters. The molecular weight excluding hydrogens is 280 g/mol. The fourth-order valence-corrected chi connectivity index (χ4v) is 2.54. The number of ether oxygens (including phenoxy) is 1. The number of nitrogens with zero attached hydrogens (tertiary/aromatic N) is 2. The molecule has 2 rings (SSSR count). The SMILES string of the molecule is COc1ccc(C(CO)N(C)Cc2ncoc2C(C)C)cc1. The quantitative estimate of drug-likeness (QED) is 0.852. The molecule has 0 saturated carbocycles. The van der Waals surface area contributed by atoms with E-state index < -0.39 is 0 Å². The summed E-state index contributed by atoms with van der Waals surface area (Å²) in [5, 5.41) is 9.77. The van der Waals surface area contributed by atoms with Crippen molar-refractivity contribution in [1.82, 2.24) is 9.88 Å². The van der Waals surface area contributed by atoms with E-state index in [1.165, 1.54) is 6.39 Å². The summed E-state index contributed by atoms with van der Waals surface area (Å²) in [4.78, 5) is 6.38. The van der Waals surface area contributed by atoms with E-state index >= 15 is 0 Å². The Balaban J connectivity index is 2.14. The predicted molar refractivity (Wildman–Crippen MR) is 84.9 cm³/mol. The highest BCUT2D eigenvalue weighted by Gasteiger charge is 2.20. The molecule has 1 aromatic carbocycles. The molecule has 1 aromatic heterocycles. The van der Waals surface area contributed by atoms with Crippen molar-refractivity contribution in [3.63, 3.8) is 0 Å². The van der Waals surface area contributed by atoms with Crippen LogP contribution in [0.5, 0.6) is 5.75 Å². The van der Waals surface area contributed by atoms with Crippen molar-refractivity contribution in [3.05, 3.63) is 47.7 Å². The Morgan fingerprint density at radius 2 is 1.95 bits per heavy atom. The summed E-state index contributed by atoms with van der Waals surface area (Å²) >= 11 is 0. The molecule has 0 amide bonds. The van der Waals surface area contributed by atoms with Gasteiger partial charge in [-0.2, -0.15) is 0 Å². The van der Waals surface area contributed by atoms with Crippen molar-refractivity contribution in [1.29, 1.82) is 0 Å². The van der Waals surface area contributed by atoms with Gasteiger partial charge in [-0.25, -0.2) is 4.98 Å². The Morgan fingerprint density at radius 1 is 1.27 bits per heavy atom. The third kappa shape index (κ3) is 3.67. The minimum atomic E-state index is -0.0948. The average molecular weight is 304 g/mol. The maximum atomic E-state index is 9.77. The maximum absolute atomic E-state index is 9.77. The highest BCUT2D eigenvalue weighted by molar-refractivity contribution is 5.29. The van der Waals surface area contributed by atoms with Crippen LogP contribution in [0.25, 0.3) is 0 Å². The monoisotopic (exact) mass is 304 g/mol. The van der Waals surface area contributed by atoms with Gasteiger partial charge in [-0.3, -0.25) is 4.90 Å². The zero-order valence-corrected chi connectivity index (χ0v) is 13.6. The van der Waals surface area contributed by atoms with Gasteiger partial charge < -0.3 is 14.3 Å². The van der Waals surface area contributed by atoms with E-state index in [9.17, 15) is 5.11 Å². The summed E-state index contributed by atoms with van der Waals surface area (Å²) < 4.78 is 10.6. The first-order chi connectivity index (χ1) is 10.6. The minimum Gasteiger partial charge on any atom is -0.497 e. The first-order valence-electron chi connectivity index (χ1n) is 7.44. The van der Waals surface area contributed by atoms with Gasteiger partial charge in [0.2, 0.25) is 0 Å². The van der Waals surface area contributed by atoms with Gasteiger partial charge in [-0.05, 0) is 24.7 Å². The average Bonchev–Trinajstić information content (AvgIpc) is 2.97. The van der Waals surface area contributed by atoms with E-state index in [0.29, 0.717) is 12.5 Å². The molecular formula is C17H24N2O3. The van der Waals surface area contributed by atoms with Crippen LogP contribution in [0.15, 0.2) is 35.1 Å². The van der Waals surface area contributed by atoms with E-state index in [1.807, 2.05) is 31.3 Å². The number of hydrogen-bond acceptors (Lipinski definition) is 5. The van der Waals surface area contributed by atoms with Crippen LogP contribution in [-0.2, 0) is 6.54 Å². The number of benzene rings is 1. The minimum absolute atomic E-state index is 0.0394. The predicted octanol–water partition coefficient (Wildman–Crippen LogP) is 2.97. The molecule has 2 aromatic rings. The number of rotatable bonds is 7. The molecule has 22 heavy (non-hydrogen) atoms. The Labute approximate surface area is 131 Å². The third-order valence-corrected chi connectivity index (χ3v) is 3.80. The number of aromatic nitrogens is 1. The number of oxazole rings is 1. The van der Waals surface area contributed by atoms with Gasteiger partial charge in [0.15, 0.2) is 6.39 Å². The fraction of sp³-hybridized carbons (Fsp3) is 0.471. The largest absolute Gasteiger partial charge is 0.497 e. The number of likely N-dealkylation sites (N-methyl/N-ethyl adjacent to an activating group) is 1. The normalized spacial score (nSPS) is 12.9. The van der Waals surface area contributed by atoms with E-state index in [-0.39, 0.29) is 12.6 Å². The lowest BCUT2D eigenvalue weighted by Gasteiger charge is -2.26. The summed E-state index contributed by atoms with van der Waals surface area (Å²) in [5.41, 5.74) is 1.96. The van der Waals surface area contributed by atoms with Gasteiger partial charge >= 0.3 is 0 Å². The molecule has 0 fully saturated rings. The molecule has 0 aliphatic rings. The molecule has 1 N–H and O–H groups in total. The second-order valence-electron chi connectivity index (χ2n) is 5.70.